The van der Waals surface area contributed by atoms with Gasteiger partial charge in [0.25, 0.3) is 0 Å². The second-order valence-electron chi connectivity index (χ2n) is 7.53. The number of aliphatic imine (C=N–C) groups is 1. The first-order valence-electron chi connectivity index (χ1n) is 10.1. The molecule has 3 atom stereocenters. The van der Waals surface area contributed by atoms with Crippen LogP contribution in [0.2, 0.25) is 0 Å². The van der Waals surface area contributed by atoms with Gasteiger partial charge >= 0.3 is 0 Å². The van der Waals surface area contributed by atoms with Crippen LogP contribution in [-0.2, 0) is 13.6 Å². The number of halogens is 1. The van der Waals surface area contributed by atoms with Crippen LogP contribution in [0.5, 0.6) is 0 Å². The highest BCUT2D eigenvalue weighted by Crippen LogP contribution is 2.27. The average Bonchev–Trinajstić information content (AvgIpc) is 3.05. The summed E-state index contributed by atoms with van der Waals surface area (Å²) in [6, 6.07) is 11.1. The van der Waals surface area contributed by atoms with Crippen molar-refractivity contribution in [2.75, 3.05) is 6.26 Å². The lowest BCUT2D eigenvalue weighted by molar-refractivity contribution is 0.417. The number of rotatable bonds is 6. The molecule has 0 aliphatic heterocycles. The third kappa shape index (κ3) is 6.87. The lowest BCUT2D eigenvalue weighted by Crippen LogP contribution is -2.46. The van der Waals surface area contributed by atoms with Gasteiger partial charge in [-0.2, -0.15) is 11.8 Å². The van der Waals surface area contributed by atoms with Gasteiger partial charge < -0.3 is 15.2 Å². The summed E-state index contributed by atoms with van der Waals surface area (Å²) in [6.45, 7) is 4.64. The maximum Gasteiger partial charge on any atom is 0.192 e. The number of benzene rings is 1. The molecule has 3 rings (SSSR count). The van der Waals surface area contributed by atoms with Gasteiger partial charge in [-0.25, -0.2) is 4.99 Å². The third-order valence-corrected chi connectivity index (χ3v) is 6.61. The van der Waals surface area contributed by atoms with Crippen molar-refractivity contribution in [3.63, 3.8) is 0 Å². The molecule has 1 fully saturated rings. The fraction of sp³-hybridized carbons (Fsp3) is 0.571. The number of guanidine groups is 1. The lowest BCUT2D eigenvalue weighted by atomic mass is 9.95. The van der Waals surface area contributed by atoms with E-state index in [1.165, 1.54) is 31.2 Å². The van der Waals surface area contributed by atoms with Crippen LogP contribution in [-0.4, -0.2) is 38.3 Å². The van der Waals surface area contributed by atoms with E-state index in [0.29, 0.717) is 12.6 Å². The summed E-state index contributed by atoms with van der Waals surface area (Å²) in [5.41, 5.74) is 1.25. The normalized spacial score (nSPS) is 20.6. The number of thioether (sulfide) groups is 1. The van der Waals surface area contributed by atoms with Crippen molar-refractivity contribution in [1.82, 2.24) is 25.4 Å². The fourth-order valence-electron chi connectivity index (χ4n) is 3.59. The Kier molecular flexibility index (Phi) is 9.74. The Bertz CT molecular complexity index is 779. The molecule has 1 aliphatic carbocycles. The highest BCUT2D eigenvalue weighted by atomic mass is 127. The molecule has 0 amide bonds. The van der Waals surface area contributed by atoms with Crippen LogP contribution in [0, 0.1) is 6.92 Å². The zero-order valence-electron chi connectivity index (χ0n) is 17.8. The Labute approximate surface area is 195 Å². The van der Waals surface area contributed by atoms with Crippen LogP contribution in [0.1, 0.15) is 55.9 Å². The summed E-state index contributed by atoms with van der Waals surface area (Å²) in [5.74, 6) is 2.63. The minimum absolute atomic E-state index is 0. The predicted molar refractivity (Wildman–Crippen MR) is 133 cm³/mol. The smallest absolute Gasteiger partial charge is 0.192 e. The molecule has 1 saturated carbocycles. The summed E-state index contributed by atoms with van der Waals surface area (Å²) in [7, 11) is 1.98. The van der Waals surface area contributed by atoms with Crippen LogP contribution >= 0.6 is 35.7 Å². The van der Waals surface area contributed by atoms with E-state index < -0.39 is 0 Å². The standard InChI is InChI=1S/C21H32N6S.HI/c1-15(17-9-6-5-7-10-17)23-21(22-14-20-26-25-16(2)27(20)3)24-18-11-8-12-19(13-18)28-4;/h5-7,9-10,15,18-19H,8,11-14H2,1-4H3,(H2,22,23,24);1H. The second kappa shape index (κ2) is 11.8. The molecule has 8 heteroatoms. The number of nitrogens with zero attached hydrogens (tertiary/aromatic N) is 4. The van der Waals surface area contributed by atoms with Crippen LogP contribution in [0.3, 0.4) is 0 Å². The van der Waals surface area contributed by atoms with Crippen molar-refractivity contribution in [3.8, 4) is 0 Å². The Hall–Kier alpha value is -1.29. The van der Waals surface area contributed by atoms with Gasteiger partial charge in [0, 0.05) is 18.3 Å². The van der Waals surface area contributed by atoms with E-state index in [0.717, 1.165) is 22.9 Å². The molecule has 1 aromatic heterocycles. The van der Waals surface area contributed by atoms with E-state index in [1.54, 1.807) is 0 Å². The molecular formula is C21H33IN6S. The van der Waals surface area contributed by atoms with Gasteiger partial charge in [-0.15, -0.1) is 34.2 Å². The molecule has 1 aromatic carbocycles. The number of nitrogens with one attached hydrogen (secondary N) is 2. The van der Waals surface area contributed by atoms with Gasteiger partial charge in [0.2, 0.25) is 0 Å². The molecule has 0 bridgehead atoms. The SMILES string of the molecule is CSC1CCCC(NC(=NCc2nnc(C)n2C)NC(C)c2ccccc2)C1.I. The zero-order chi connectivity index (χ0) is 19.9. The van der Waals surface area contributed by atoms with E-state index in [2.05, 4.69) is 58.3 Å². The molecule has 6 nitrogen and oxygen atoms in total. The molecule has 160 valence electrons. The lowest BCUT2D eigenvalue weighted by Gasteiger charge is -2.30. The van der Waals surface area contributed by atoms with Crippen molar-refractivity contribution >= 4 is 41.7 Å². The van der Waals surface area contributed by atoms with Crippen LogP contribution in [0.4, 0.5) is 0 Å². The second-order valence-corrected chi connectivity index (χ2v) is 8.67. The quantitative estimate of drug-likeness (QED) is 0.334. The van der Waals surface area contributed by atoms with Gasteiger partial charge in [0.05, 0.1) is 6.04 Å². The molecule has 0 saturated heterocycles. The molecule has 29 heavy (non-hydrogen) atoms. The van der Waals surface area contributed by atoms with Crippen LogP contribution in [0.25, 0.3) is 0 Å². The Balaban J connectivity index is 0.00000300. The monoisotopic (exact) mass is 528 g/mol. The van der Waals surface area contributed by atoms with Gasteiger partial charge in [0.15, 0.2) is 11.8 Å². The van der Waals surface area contributed by atoms with Crippen molar-refractivity contribution in [2.24, 2.45) is 12.0 Å². The van der Waals surface area contributed by atoms with Crippen molar-refractivity contribution < 1.29 is 0 Å². The Morgan fingerprint density at radius 3 is 2.69 bits per heavy atom. The fourth-order valence-corrected chi connectivity index (χ4v) is 4.41. The molecule has 1 aliphatic rings. The van der Waals surface area contributed by atoms with Crippen molar-refractivity contribution in [3.05, 3.63) is 47.5 Å². The van der Waals surface area contributed by atoms with Gasteiger partial charge in [-0.1, -0.05) is 36.8 Å². The van der Waals surface area contributed by atoms with E-state index in [-0.39, 0.29) is 30.0 Å². The predicted octanol–water partition coefficient (Wildman–Crippen LogP) is 4.21. The van der Waals surface area contributed by atoms with E-state index in [9.17, 15) is 0 Å². The number of hydrogen-bond donors (Lipinski definition) is 2. The van der Waals surface area contributed by atoms with Crippen molar-refractivity contribution in [2.45, 2.75) is 63.4 Å². The van der Waals surface area contributed by atoms with Crippen molar-refractivity contribution in [1.29, 1.82) is 0 Å². The summed E-state index contributed by atoms with van der Waals surface area (Å²) in [5, 5.41) is 16.4. The Morgan fingerprint density at radius 2 is 2.03 bits per heavy atom. The van der Waals surface area contributed by atoms with E-state index in [1.807, 2.05) is 36.4 Å². The number of aryl methyl sites for hydroxylation is 1. The molecule has 2 N–H and O–H groups in total. The molecular weight excluding hydrogens is 495 g/mol. The van der Waals surface area contributed by atoms with Gasteiger partial charge in [-0.05, 0) is 44.9 Å². The molecule has 1 heterocycles. The van der Waals surface area contributed by atoms with E-state index in [4.69, 9.17) is 4.99 Å². The number of aromatic nitrogens is 3. The van der Waals surface area contributed by atoms with Gasteiger partial charge in [0.1, 0.15) is 12.4 Å². The number of hydrogen-bond acceptors (Lipinski definition) is 4. The highest BCUT2D eigenvalue weighted by molar-refractivity contribution is 14.0. The van der Waals surface area contributed by atoms with E-state index >= 15 is 0 Å². The minimum atomic E-state index is 0. The maximum atomic E-state index is 4.84. The van der Waals surface area contributed by atoms with Gasteiger partial charge in [-0.3, -0.25) is 0 Å². The summed E-state index contributed by atoms with van der Waals surface area (Å²) < 4.78 is 1.99. The third-order valence-electron chi connectivity index (χ3n) is 5.51. The molecule has 0 radical (unpaired) electrons. The molecule has 2 aromatic rings. The minimum Gasteiger partial charge on any atom is -0.354 e. The molecule has 3 unspecified atom stereocenters. The largest absolute Gasteiger partial charge is 0.354 e. The van der Waals surface area contributed by atoms with Crippen LogP contribution < -0.4 is 10.6 Å². The molecule has 0 spiro atoms. The topological polar surface area (TPSA) is 67.1 Å². The zero-order valence-corrected chi connectivity index (χ0v) is 20.9. The maximum absolute atomic E-state index is 4.84. The first-order chi connectivity index (χ1) is 13.6. The summed E-state index contributed by atoms with van der Waals surface area (Å²) in [4.78, 5) is 4.84. The summed E-state index contributed by atoms with van der Waals surface area (Å²) in [6.07, 6.45) is 7.18. The highest BCUT2D eigenvalue weighted by Gasteiger charge is 2.22. The average molecular weight is 529 g/mol. The first-order valence-corrected chi connectivity index (χ1v) is 11.4. The van der Waals surface area contributed by atoms with Crippen LogP contribution in [0.15, 0.2) is 35.3 Å². The Morgan fingerprint density at radius 1 is 1.28 bits per heavy atom. The summed E-state index contributed by atoms with van der Waals surface area (Å²) >= 11 is 1.98. The first kappa shape index (κ1) is 24.0.